The van der Waals surface area contributed by atoms with Crippen LogP contribution < -0.4 is 19.8 Å². The number of halogens is 2. The second-order valence-corrected chi connectivity index (χ2v) is 12.2. The van der Waals surface area contributed by atoms with Crippen LogP contribution in [0.5, 0.6) is 0 Å². The average Bonchev–Trinajstić information content (AvgIpc) is 3.65. The van der Waals surface area contributed by atoms with Gasteiger partial charge in [0.05, 0.1) is 17.9 Å². The number of amides is 1. The van der Waals surface area contributed by atoms with E-state index in [1.165, 1.54) is 24.8 Å². The van der Waals surface area contributed by atoms with Gasteiger partial charge in [0.1, 0.15) is 5.82 Å². The van der Waals surface area contributed by atoms with E-state index >= 15 is 0 Å². The van der Waals surface area contributed by atoms with Crippen LogP contribution in [0.4, 0.5) is 31.9 Å². The third kappa shape index (κ3) is 6.31. The highest BCUT2D eigenvalue weighted by Crippen LogP contribution is 2.54. The van der Waals surface area contributed by atoms with Gasteiger partial charge < -0.3 is 24.9 Å². The van der Waals surface area contributed by atoms with E-state index in [2.05, 4.69) is 24.9 Å². The summed E-state index contributed by atoms with van der Waals surface area (Å²) in [6.45, 7) is 5.96. The Bertz CT molecular complexity index is 1160. The molecule has 3 fully saturated rings. The first-order valence-corrected chi connectivity index (χ1v) is 14.2. The SMILES string of the molecule is Cc1cc(NC(=O)c2ccc(NS[C@H](C)CO)cc2N2CCC3(CC2)CC3)nc(N2CCC(F)(F)CC2)n1. The quantitative estimate of drug-likeness (QED) is 0.394. The van der Waals surface area contributed by atoms with Crippen LogP contribution in [0.1, 0.15) is 61.5 Å². The molecule has 5 rings (SSSR count). The maximum Gasteiger partial charge on any atom is 0.258 e. The van der Waals surface area contributed by atoms with E-state index in [4.69, 9.17) is 0 Å². The van der Waals surface area contributed by atoms with Gasteiger partial charge in [-0.05, 0) is 75.1 Å². The van der Waals surface area contributed by atoms with E-state index in [1.54, 1.807) is 17.9 Å². The highest BCUT2D eigenvalue weighted by molar-refractivity contribution is 8.01. The lowest BCUT2D eigenvalue weighted by Crippen LogP contribution is -2.40. The number of nitrogens with zero attached hydrogens (tertiary/aromatic N) is 4. The first-order valence-electron chi connectivity index (χ1n) is 13.4. The molecule has 1 atom stereocenters. The molecule has 3 N–H and O–H groups in total. The van der Waals surface area contributed by atoms with Crippen LogP contribution in [0.15, 0.2) is 24.3 Å². The predicted molar refractivity (Wildman–Crippen MR) is 148 cm³/mol. The number of aryl methyl sites for hydroxylation is 1. The first-order chi connectivity index (χ1) is 18.2. The molecule has 3 heterocycles. The van der Waals surface area contributed by atoms with Crippen molar-refractivity contribution in [3.05, 3.63) is 35.5 Å². The highest BCUT2D eigenvalue weighted by Gasteiger charge is 2.44. The number of hydrogen-bond acceptors (Lipinski definition) is 8. The van der Waals surface area contributed by atoms with E-state index < -0.39 is 5.92 Å². The van der Waals surface area contributed by atoms with Crippen LogP contribution >= 0.6 is 11.9 Å². The standard InChI is InChI=1S/C27H36F2N6O2S/c1-18-15-23(32-25(30-18)35-13-9-27(28,29)10-14-35)31-24(37)21-4-3-20(33-38-19(2)17-36)16-22(21)34-11-7-26(5-6-26)8-12-34/h3-4,15-16,19,33,36H,5-14,17H2,1-2H3,(H,30,31,32,37)/t19-/m1/s1. The second-order valence-electron chi connectivity index (χ2n) is 10.9. The molecule has 1 aromatic carbocycles. The van der Waals surface area contributed by atoms with Gasteiger partial charge in [0.2, 0.25) is 5.95 Å². The molecule has 38 heavy (non-hydrogen) atoms. The molecule has 1 amide bonds. The number of aliphatic hydroxyl groups excluding tert-OH is 1. The van der Waals surface area contributed by atoms with Crippen molar-refractivity contribution in [1.82, 2.24) is 9.97 Å². The van der Waals surface area contributed by atoms with Gasteiger partial charge in [-0.3, -0.25) is 4.79 Å². The molecule has 1 aromatic heterocycles. The zero-order valence-corrected chi connectivity index (χ0v) is 22.8. The lowest BCUT2D eigenvalue weighted by atomic mass is 9.93. The number of anilines is 4. The summed E-state index contributed by atoms with van der Waals surface area (Å²) >= 11 is 1.44. The van der Waals surface area contributed by atoms with Gasteiger partial charge in [-0.2, -0.15) is 4.98 Å². The molecule has 8 nitrogen and oxygen atoms in total. The monoisotopic (exact) mass is 546 g/mol. The molecule has 2 aromatic rings. The number of piperidine rings is 2. The van der Waals surface area contributed by atoms with Crippen molar-refractivity contribution in [2.24, 2.45) is 5.41 Å². The Balaban J connectivity index is 1.35. The molecule has 3 aliphatic rings. The summed E-state index contributed by atoms with van der Waals surface area (Å²) < 4.78 is 30.6. The number of aromatic nitrogens is 2. The van der Waals surface area contributed by atoms with Crippen LogP contribution in [-0.4, -0.2) is 64.9 Å². The van der Waals surface area contributed by atoms with Crippen LogP contribution in [0, 0.1) is 12.3 Å². The molecule has 2 saturated heterocycles. The van der Waals surface area contributed by atoms with E-state index in [0.717, 1.165) is 37.3 Å². The third-order valence-corrected chi connectivity index (χ3v) is 8.77. The molecule has 1 aliphatic carbocycles. The molecule has 0 bridgehead atoms. The minimum atomic E-state index is -2.66. The van der Waals surface area contributed by atoms with E-state index in [-0.39, 0.29) is 43.7 Å². The number of carbonyl (C=O) groups excluding carboxylic acids is 1. The first kappa shape index (κ1) is 26.9. The summed E-state index contributed by atoms with van der Waals surface area (Å²) in [6, 6.07) is 7.38. The van der Waals surface area contributed by atoms with E-state index in [0.29, 0.717) is 28.4 Å². The third-order valence-electron chi connectivity index (χ3n) is 7.86. The second kappa shape index (κ2) is 10.8. The fourth-order valence-electron chi connectivity index (χ4n) is 5.13. The normalized spacial score (nSPS) is 20.8. The number of alkyl halides is 2. The zero-order valence-electron chi connectivity index (χ0n) is 22.0. The van der Waals surface area contributed by atoms with Crippen LogP contribution in [0.25, 0.3) is 0 Å². The van der Waals surface area contributed by atoms with Gasteiger partial charge in [0.25, 0.3) is 11.8 Å². The van der Waals surface area contributed by atoms with Gasteiger partial charge in [-0.25, -0.2) is 13.8 Å². The van der Waals surface area contributed by atoms with Crippen molar-refractivity contribution in [2.45, 2.75) is 63.5 Å². The summed E-state index contributed by atoms with van der Waals surface area (Å²) in [5.41, 5.74) is 3.45. The smallest absolute Gasteiger partial charge is 0.258 e. The van der Waals surface area contributed by atoms with Gasteiger partial charge in [-0.15, -0.1) is 0 Å². The molecule has 11 heteroatoms. The Kier molecular flexibility index (Phi) is 7.68. The number of carbonyl (C=O) groups is 1. The van der Waals surface area contributed by atoms with Crippen LogP contribution in [0.3, 0.4) is 0 Å². The molecule has 0 unspecified atom stereocenters. The summed E-state index contributed by atoms with van der Waals surface area (Å²) in [5.74, 6) is -2.22. The minimum Gasteiger partial charge on any atom is -0.395 e. The molecule has 1 saturated carbocycles. The molecule has 0 radical (unpaired) electrons. The summed E-state index contributed by atoms with van der Waals surface area (Å²) in [5, 5.41) is 12.3. The Hall–Kier alpha value is -2.66. The maximum atomic E-state index is 13.6. The maximum absolute atomic E-state index is 13.6. The number of nitrogens with one attached hydrogen (secondary N) is 2. The summed E-state index contributed by atoms with van der Waals surface area (Å²) in [4.78, 5) is 26.5. The fourth-order valence-corrected chi connectivity index (χ4v) is 5.67. The summed E-state index contributed by atoms with van der Waals surface area (Å²) in [7, 11) is 0. The van der Waals surface area contributed by atoms with Crippen molar-refractivity contribution in [3.8, 4) is 0 Å². The van der Waals surface area contributed by atoms with Crippen molar-refractivity contribution in [2.75, 3.05) is 52.6 Å². The van der Waals surface area contributed by atoms with Crippen LogP contribution in [0.2, 0.25) is 0 Å². The van der Waals surface area contributed by atoms with Gasteiger partial charge in [0, 0.05) is 61.7 Å². The minimum absolute atomic E-state index is 0.0347. The molecular formula is C27H36F2N6O2S. The number of aliphatic hydroxyl groups is 1. The molecule has 2 aliphatic heterocycles. The zero-order chi connectivity index (χ0) is 26.9. The Labute approximate surface area is 226 Å². The van der Waals surface area contributed by atoms with Crippen molar-refractivity contribution >= 4 is 41.0 Å². The van der Waals surface area contributed by atoms with Gasteiger partial charge >= 0.3 is 0 Å². The molecule has 1 spiro atoms. The van der Waals surface area contributed by atoms with Crippen molar-refractivity contribution < 1.29 is 18.7 Å². The lowest BCUT2D eigenvalue weighted by molar-refractivity contribution is -0.0222. The average molecular weight is 547 g/mol. The topological polar surface area (TPSA) is 93.6 Å². The Morgan fingerprint density at radius 1 is 1.05 bits per heavy atom. The Morgan fingerprint density at radius 2 is 1.74 bits per heavy atom. The van der Waals surface area contributed by atoms with Crippen LogP contribution in [-0.2, 0) is 0 Å². The summed E-state index contributed by atoms with van der Waals surface area (Å²) in [6.07, 6.45) is 4.40. The predicted octanol–water partition coefficient (Wildman–Crippen LogP) is 5.09. The highest BCUT2D eigenvalue weighted by atomic mass is 32.2. The number of rotatable bonds is 8. The lowest BCUT2D eigenvalue weighted by Gasteiger charge is -2.35. The molecular weight excluding hydrogens is 510 g/mol. The number of hydrogen-bond donors (Lipinski definition) is 3. The Morgan fingerprint density at radius 3 is 2.39 bits per heavy atom. The van der Waals surface area contributed by atoms with Gasteiger partial charge in [-0.1, -0.05) is 0 Å². The largest absolute Gasteiger partial charge is 0.395 e. The van der Waals surface area contributed by atoms with E-state index in [9.17, 15) is 18.7 Å². The van der Waals surface area contributed by atoms with Crippen molar-refractivity contribution in [3.63, 3.8) is 0 Å². The van der Waals surface area contributed by atoms with E-state index in [1.807, 2.05) is 25.1 Å². The van der Waals surface area contributed by atoms with Crippen molar-refractivity contribution in [1.29, 1.82) is 0 Å². The number of benzene rings is 1. The fraction of sp³-hybridized carbons (Fsp3) is 0.593. The molecule has 206 valence electrons. The van der Waals surface area contributed by atoms with Gasteiger partial charge in [0.15, 0.2) is 0 Å².